The van der Waals surface area contributed by atoms with Gasteiger partial charge in [-0.3, -0.25) is 0 Å². The lowest BCUT2D eigenvalue weighted by molar-refractivity contribution is -0.133. The summed E-state index contributed by atoms with van der Waals surface area (Å²) in [6.45, 7) is 8.68. The normalized spacial score (nSPS) is 28.5. The van der Waals surface area contributed by atoms with Gasteiger partial charge in [-0.1, -0.05) is 11.6 Å². The van der Waals surface area contributed by atoms with Gasteiger partial charge >= 0.3 is 0 Å². The Morgan fingerprint density at radius 3 is 2.45 bits per heavy atom. The van der Waals surface area contributed by atoms with Crippen LogP contribution in [0.15, 0.2) is 11.6 Å². The second-order valence-corrected chi connectivity index (χ2v) is 3.61. The van der Waals surface area contributed by atoms with Crippen LogP contribution in [0.2, 0.25) is 0 Å². The molecular formula is C9H16O2. The quantitative estimate of drug-likeness (QED) is 0.541. The first-order valence-electron chi connectivity index (χ1n) is 3.96. The van der Waals surface area contributed by atoms with E-state index in [9.17, 15) is 0 Å². The molecule has 1 heterocycles. The van der Waals surface area contributed by atoms with Crippen molar-refractivity contribution in [3.05, 3.63) is 11.6 Å². The summed E-state index contributed by atoms with van der Waals surface area (Å²) >= 11 is 0. The summed E-state index contributed by atoms with van der Waals surface area (Å²) < 4.78 is 10.9. The Hall–Kier alpha value is -0.340. The van der Waals surface area contributed by atoms with Crippen molar-refractivity contribution in [2.75, 3.05) is 6.61 Å². The maximum atomic E-state index is 5.56. The van der Waals surface area contributed by atoms with Gasteiger partial charge in [0.15, 0.2) is 5.79 Å². The third kappa shape index (κ3) is 2.64. The zero-order valence-corrected chi connectivity index (χ0v) is 7.68. The molecule has 0 aromatic rings. The number of ether oxygens (including phenoxy) is 2. The first-order chi connectivity index (χ1) is 4.99. The van der Waals surface area contributed by atoms with Crippen LogP contribution in [0.1, 0.15) is 27.7 Å². The summed E-state index contributed by atoms with van der Waals surface area (Å²) in [5.41, 5.74) is 1.27. The third-order valence-electron chi connectivity index (χ3n) is 1.55. The molecule has 2 nitrogen and oxygen atoms in total. The van der Waals surface area contributed by atoms with E-state index in [1.165, 1.54) is 5.57 Å². The smallest absolute Gasteiger partial charge is 0.163 e. The summed E-state index contributed by atoms with van der Waals surface area (Å²) in [5.74, 6) is -0.392. The second-order valence-electron chi connectivity index (χ2n) is 3.61. The van der Waals surface area contributed by atoms with Gasteiger partial charge in [0, 0.05) is 0 Å². The van der Waals surface area contributed by atoms with Crippen molar-refractivity contribution < 1.29 is 9.47 Å². The number of hydrogen-bond donors (Lipinski definition) is 0. The van der Waals surface area contributed by atoms with Crippen molar-refractivity contribution >= 4 is 0 Å². The molecule has 0 saturated carbocycles. The van der Waals surface area contributed by atoms with Gasteiger partial charge in [0.2, 0.25) is 0 Å². The van der Waals surface area contributed by atoms with Gasteiger partial charge in [-0.15, -0.1) is 0 Å². The van der Waals surface area contributed by atoms with E-state index in [4.69, 9.17) is 9.47 Å². The molecule has 1 atom stereocenters. The Kier molecular flexibility index (Phi) is 2.35. The fourth-order valence-corrected chi connectivity index (χ4v) is 1.17. The highest BCUT2D eigenvalue weighted by molar-refractivity contribution is 5.00. The van der Waals surface area contributed by atoms with Crippen LogP contribution in [0.4, 0.5) is 0 Å². The van der Waals surface area contributed by atoms with Crippen molar-refractivity contribution in [3.63, 3.8) is 0 Å². The molecule has 1 saturated heterocycles. The van der Waals surface area contributed by atoms with Gasteiger partial charge in [0.25, 0.3) is 0 Å². The molecule has 0 N–H and O–H groups in total. The first kappa shape index (κ1) is 8.75. The fourth-order valence-electron chi connectivity index (χ4n) is 1.17. The highest BCUT2D eigenvalue weighted by Gasteiger charge is 2.30. The van der Waals surface area contributed by atoms with E-state index in [2.05, 4.69) is 19.9 Å². The summed E-state index contributed by atoms with van der Waals surface area (Å²) in [7, 11) is 0. The maximum absolute atomic E-state index is 5.56. The highest BCUT2D eigenvalue weighted by atomic mass is 16.7. The van der Waals surface area contributed by atoms with Gasteiger partial charge in [0.05, 0.1) is 6.61 Å². The Labute approximate surface area is 68.2 Å². The summed E-state index contributed by atoms with van der Waals surface area (Å²) in [6, 6.07) is 0. The number of hydrogen-bond acceptors (Lipinski definition) is 2. The minimum absolute atomic E-state index is 0.148. The fraction of sp³-hybridized carbons (Fsp3) is 0.778. The van der Waals surface area contributed by atoms with E-state index in [-0.39, 0.29) is 6.10 Å². The minimum atomic E-state index is -0.392. The molecule has 1 aliphatic heterocycles. The molecule has 64 valence electrons. The molecule has 1 aliphatic rings. The zero-order valence-electron chi connectivity index (χ0n) is 7.68. The van der Waals surface area contributed by atoms with Crippen LogP contribution in [0.25, 0.3) is 0 Å². The van der Waals surface area contributed by atoms with Crippen LogP contribution in [0, 0.1) is 0 Å². The summed E-state index contributed by atoms with van der Waals surface area (Å²) in [6.07, 6.45) is 2.24. The molecule has 0 aliphatic carbocycles. The van der Waals surface area contributed by atoms with Crippen LogP contribution in [-0.2, 0) is 9.47 Å². The Morgan fingerprint density at radius 1 is 1.45 bits per heavy atom. The first-order valence-corrected chi connectivity index (χ1v) is 3.96. The molecule has 1 fully saturated rings. The molecule has 1 unspecified atom stereocenters. The van der Waals surface area contributed by atoms with Crippen LogP contribution in [0.3, 0.4) is 0 Å². The van der Waals surface area contributed by atoms with Gasteiger partial charge in [0.1, 0.15) is 6.10 Å². The SMILES string of the molecule is CC(C)=CC1COC(C)(C)O1. The molecule has 0 aromatic carbocycles. The maximum Gasteiger partial charge on any atom is 0.163 e. The van der Waals surface area contributed by atoms with Crippen molar-refractivity contribution in [3.8, 4) is 0 Å². The average molecular weight is 156 g/mol. The number of allylic oxidation sites excluding steroid dienone is 1. The highest BCUT2D eigenvalue weighted by Crippen LogP contribution is 2.23. The van der Waals surface area contributed by atoms with E-state index in [0.717, 1.165) is 0 Å². The van der Waals surface area contributed by atoms with Gasteiger partial charge < -0.3 is 9.47 Å². The summed E-state index contributed by atoms with van der Waals surface area (Å²) in [4.78, 5) is 0. The largest absolute Gasteiger partial charge is 0.347 e. The predicted molar refractivity (Wildman–Crippen MR) is 44.3 cm³/mol. The second kappa shape index (κ2) is 2.95. The summed E-state index contributed by atoms with van der Waals surface area (Å²) in [5, 5.41) is 0. The lowest BCUT2D eigenvalue weighted by Crippen LogP contribution is -2.20. The molecule has 1 rings (SSSR count). The third-order valence-corrected chi connectivity index (χ3v) is 1.55. The van der Waals surface area contributed by atoms with Crippen molar-refractivity contribution in [2.24, 2.45) is 0 Å². The monoisotopic (exact) mass is 156 g/mol. The Balaban J connectivity index is 2.49. The number of rotatable bonds is 1. The van der Waals surface area contributed by atoms with E-state index in [0.29, 0.717) is 6.61 Å². The van der Waals surface area contributed by atoms with Crippen LogP contribution < -0.4 is 0 Å². The standard InChI is InChI=1S/C9H16O2/c1-7(2)5-8-6-10-9(3,4)11-8/h5,8H,6H2,1-4H3. The van der Waals surface area contributed by atoms with E-state index in [1.54, 1.807) is 0 Å². The topological polar surface area (TPSA) is 18.5 Å². The van der Waals surface area contributed by atoms with Crippen molar-refractivity contribution in [1.29, 1.82) is 0 Å². The predicted octanol–water partition coefficient (Wildman–Crippen LogP) is 2.10. The lowest BCUT2D eigenvalue weighted by Gasteiger charge is -2.15. The Bertz CT molecular complexity index is 166. The van der Waals surface area contributed by atoms with E-state index in [1.807, 2.05) is 13.8 Å². The van der Waals surface area contributed by atoms with Crippen molar-refractivity contribution in [1.82, 2.24) is 0 Å². The molecule has 0 spiro atoms. The molecule has 2 heteroatoms. The van der Waals surface area contributed by atoms with Crippen LogP contribution >= 0.6 is 0 Å². The van der Waals surface area contributed by atoms with Crippen LogP contribution in [0.5, 0.6) is 0 Å². The van der Waals surface area contributed by atoms with Crippen molar-refractivity contribution in [2.45, 2.75) is 39.6 Å². The van der Waals surface area contributed by atoms with E-state index >= 15 is 0 Å². The lowest BCUT2D eigenvalue weighted by atomic mass is 10.2. The molecule has 0 radical (unpaired) electrons. The van der Waals surface area contributed by atoms with Gasteiger partial charge in [-0.2, -0.15) is 0 Å². The molecule has 0 bridgehead atoms. The molecule has 0 amide bonds. The molecular weight excluding hydrogens is 140 g/mol. The van der Waals surface area contributed by atoms with Gasteiger partial charge in [-0.25, -0.2) is 0 Å². The molecule has 11 heavy (non-hydrogen) atoms. The molecule has 0 aromatic heterocycles. The minimum Gasteiger partial charge on any atom is -0.347 e. The van der Waals surface area contributed by atoms with Crippen LogP contribution in [-0.4, -0.2) is 18.5 Å². The van der Waals surface area contributed by atoms with Gasteiger partial charge in [-0.05, 0) is 27.7 Å². The zero-order chi connectivity index (χ0) is 8.48. The Morgan fingerprint density at radius 2 is 2.09 bits per heavy atom. The average Bonchev–Trinajstić information content (AvgIpc) is 2.08. The van der Waals surface area contributed by atoms with E-state index < -0.39 is 5.79 Å².